The van der Waals surface area contributed by atoms with Gasteiger partial charge < -0.3 is 0 Å². The number of nitrogens with zero attached hydrogens (tertiary/aromatic N) is 1. The Balaban J connectivity index is 2.91. The second kappa shape index (κ2) is 4.04. The van der Waals surface area contributed by atoms with Crippen molar-refractivity contribution in [1.82, 2.24) is 0 Å². The average molecular weight is 197 g/mol. The first-order valence-electron chi connectivity index (χ1n) is 3.53. The van der Waals surface area contributed by atoms with Gasteiger partial charge in [-0.1, -0.05) is 12.1 Å². The van der Waals surface area contributed by atoms with Gasteiger partial charge in [-0.15, -0.1) is 0 Å². The lowest BCUT2D eigenvalue weighted by molar-refractivity contribution is -0.284. The number of carbonyl (C=O) groups excluding carboxylic acids is 1. The third kappa shape index (κ3) is 2.87. The van der Waals surface area contributed by atoms with Gasteiger partial charge in [0, 0.05) is 5.56 Å². The summed E-state index contributed by atoms with van der Waals surface area (Å²) in [5, 5.41) is 10.1. The number of hydrogen-bond acceptors (Lipinski definition) is 4. The minimum absolute atomic E-state index is 0.0919. The normalized spacial score (nSPS) is 9.62. The largest absolute Gasteiger partial charge is 0.295 e. The third-order valence-electron chi connectivity index (χ3n) is 1.42. The van der Waals surface area contributed by atoms with E-state index in [-0.39, 0.29) is 5.78 Å². The van der Waals surface area contributed by atoms with Crippen LogP contribution in [0.5, 0.6) is 0 Å². The summed E-state index contributed by atoms with van der Waals surface area (Å²) in [5.74, 6) is -0.0919. The molecule has 13 heavy (non-hydrogen) atoms. The Morgan fingerprint density at radius 3 is 2.77 bits per heavy atom. The van der Waals surface area contributed by atoms with E-state index < -0.39 is 4.33 Å². The first kappa shape index (κ1) is 9.73. The lowest BCUT2D eigenvalue weighted by Gasteiger charge is -1.95. The molecule has 0 aliphatic rings. The van der Waals surface area contributed by atoms with Gasteiger partial charge in [0.2, 0.25) is 0 Å². The predicted octanol–water partition coefficient (Wildman–Crippen LogP) is 2.17. The molecule has 0 heterocycles. The van der Waals surface area contributed by atoms with Gasteiger partial charge in [-0.2, -0.15) is 0 Å². The van der Waals surface area contributed by atoms with Crippen molar-refractivity contribution >= 4 is 17.7 Å². The smallest absolute Gasteiger partial charge is 0.265 e. The summed E-state index contributed by atoms with van der Waals surface area (Å²) >= 11 is 0.500. The number of carbonyl (C=O) groups is 1. The topological polar surface area (TPSA) is 60.2 Å². The highest BCUT2D eigenvalue weighted by molar-refractivity contribution is 7.93. The summed E-state index contributed by atoms with van der Waals surface area (Å²) in [6, 6.07) is 6.37. The minimum atomic E-state index is -0.501. The molecule has 0 saturated heterocycles. The molecule has 0 amide bonds. The molecule has 0 fully saturated rings. The zero-order chi connectivity index (χ0) is 9.84. The van der Waals surface area contributed by atoms with E-state index in [4.69, 9.17) is 0 Å². The van der Waals surface area contributed by atoms with Crippen LogP contribution in [0.4, 0.5) is 0 Å². The summed E-state index contributed by atoms with van der Waals surface area (Å²) in [5.41, 5.74) is 0.492. The van der Waals surface area contributed by atoms with Crippen LogP contribution in [-0.4, -0.2) is 10.1 Å². The molecule has 68 valence electrons. The van der Waals surface area contributed by atoms with E-state index >= 15 is 0 Å². The molecule has 0 aliphatic heterocycles. The van der Waals surface area contributed by atoms with Crippen LogP contribution in [0.25, 0.3) is 0 Å². The van der Waals surface area contributed by atoms with E-state index in [0.29, 0.717) is 22.4 Å². The van der Waals surface area contributed by atoms with Crippen molar-refractivity contribution in [2.45, 2.75) is 11.8 Å². The van der Waals surface area contributed by atoms with E-state index in [1.54, 1.807) is 18.2 Å². The molecule has 0 saturated carbocycles. The zero-order valence-electron chi connectivity index (χ0n) is 6.89. The SMILES string of the molecule is CC(=O)c1cccc(S[N+](=O)[O-])c1. The Labute approximate surface area is 79.2 Å². The highest BCUT2D eigenvalue weighted by Crippen LogP contribution is 2.19. The highest BCUT2D eigenvalue weighted by Gasteiger charge is 2.07. The first-order chi connectivity index (χ1) is 6.09. The average Bonchev–Trinajstić information content (AvgIpc) is 2.03. The lowest BCUT2D eigenvalue weighted by Crippen LogP contribution is -1.92. The van der Waals surface area contributed by atoms with Crippen LogP contribution in [0.3, 0.4) is 0 Å². The predicted molar refractivity (Wildman–Crippen MR) is 49.3 cm³/mol. The van der Waals surface area contributed by atoms with Gasteiger partial charge in [0.15, 0.2) is 5.78 Å². The van der Waals surface area contributed by atoms with Crippen molar-refractivity contribution < 1.29 is 9.12 Å². The van der Waals surface area contributed by atoms with Crippen LogP contribution in [0.2, 0.25) is 0 Å². The van der Waals surface area contributed by atoms with Crippen LogP contribution >= 0.6 is 11.9 Å². The number of hydrogen-bond donors (Lipinski definition) is 0. The van der Waals surface area contributed by atoms with Crippen LogP contribution in [0.1, 0.15) is 17.3 Å². The van der Waals surface area contributed by atoms with E-state index in [2.05, 4.69) is 0 Å². The molecule has 1 aromatic carbocycles. The minimum Gasteiger partial charge on any atom is -0.295 e. The van der Waals surface area contributed by atoms with Crippen molar-refractivity contribution in [3.8, 4) is 0 Å². The summed E-state index contributed by atoms with van der Waals surface area (Å²) in [6.45, 7) is 1.43. The molecule has 0 aliphatic carbocycles. The molecule has 1 aromatic rings. The highest BCUT2D eigenvalue weighted by atomic mass is 32.2. The van der Waals surface area contributed by atoms with Crippen molar-refractivity contribution in [1.29, 1.82) is 0 Å². The number of nitro groups is 1. The Morgan fingerprint density at radius 1 is 1.54 bits per heavy atom. The molecule has 0 unspecified atom stereocenters. The molecule has 1 rings (SSSR count). The lowest BCUT2D eigenvalue weighted by atomic mass is 10.2. The van der Waals surface area contributed by atoms with E-state index in [1.165, 1.54) is 13.0 Å². The maximum Gasteiger partial charge on any atom is 0.265 e. The van der Waals surface area contributed by atoms with Gasteiger partial charge in [0.1, 0.15) is 4.33 Å². The van der Waals surface area contributed by atoms with E-state index in [0.717, 1.165) is 0 Å². The molecular formula is C8H7NO3S. The van der Waals surface area contributed by atoms with Gasteiger partial charge >= 0.3 is 0 Å². The molecule has 0 spiro atoms. The molecule has 5 heteroatoms. The number of rotatable bonds is 3. The van der Waals surface area contributed by atoms with E-state index in [1.807, 2.05) is 0 Å². The maximum atomic E-state index is 10.9. The second-order valence-corrected chi connectivity index (χ2v) is 3.35. The van der Waals surface area contributed by atoms with Crippen molar-refractivity contribution in [3.63, 3.8) is 0 Å². The summed E-state index contributed by atoms with van der Waals surface area (Å²) in [4.78, 5) is 21.5. The maximum absolute atomic E-state index is 10.9. The van der Waals surface area contributed by atoms with Gasteiger partial charge in [-0.25, -0.2) is 0 Å². The van der Waals surface area contributed by atoms with Crippen LogP contribution in [0, 0.1) is 10.1 Å². The van der Waals surface area contributed by atoms with Gasteiger partial charge in [0.25, 0.3) is 11.9 Å². The monoisotopic (exact) mass is 197 g/mol. The quantitative estimate of drug-likeness (QED) is 0.322. The molecule has 0 radical (unpaired) electrons. The summed E-state index contributed by atoms with van der Waals surface area (Å²) in [7, 11) is 0. The van der Waals surface area contributed by atoms with Crippen molar-refractivity contribution in [2.75, 3.05) is 0 Å². The van der Waals surface area contributed by atoms with Gasteiger partial charge in [-0.3, -0.25) is 14.9 Å². The fourth-order valence-electron chi connectivity index (χ4n) is 0.858. The second-order valence-electron chi connectivity index (χ2n) is 2.40. The van der Waals surface area contributed by atoms with E-state index in [9.17, 15) is 14.9 Å². The summed E-state index contributed by atoms with van der Waals surface area (Å²) < 4.78 is -0.501. The molecule has 4 nitrogen and oxygen atoms in total. The van der Waals surface area contributed by atoms with Gasteiger partial charge in [-0.05, 0) is 19.1 Å². The molecule has 0 N–H and O–H groups in total. The Morgan fingerprint density at radius 2 is 2.23 bits per heavy atom. The third-order valence-corrected chi connectivity index (χ3v) is 2.03. The van der Waals surface area contributed by atoms with Crippen molar-refractivity contribution in [2.24, 2.45) is 0 Å². The fraction of sp³-hybridized carbons (Fsp3) is 0.125. The zero-order valence-corrected chi connectivity index (χ0v) is 7.71. The van der Waals surface area contributed by atoms with Crippen LogP contribution < -0.4 is 0 Å². The summed E-state index contributed by atoms with van der Waals surface area (Å²) in [6.07, 6.45) is 0. The Kier molecular flexibility index (Phi) is 3.02. The standard InChI is InChI=1S/C8H7NO3S/c1-6(10)7-3-2-4-8(5-7)13-9(11)12/h2-5H,1H3. The first-order valence-corrected chi connectivity index (χ1v) is 4.30. The Bertz CT molecular complexity index is 351. The van der Waals surface area contributed by atoms with Gasteiger partial charge in [0.05, 0.1) is 4.90 Å². The number of Topliss-reactive ketones (excluding diaryl/α,β-unsaturated/α-hetero) is 1. The molecule has 0 aromatic heterocycles. The Hall–Kier alpha value is -1.36. The molecular weight excluding hydrogens is 190 g/mol. The number of benzene rings is 1. The van der Waals surface area contributed by atoms with Crippen molar-refractivity contribution in [3.05, 3.63) is 39.9 Å². The van der Waals surface area contributed by atoms with Crippen LogP contribution in [0.15, 0.2) is 29.2 Å². The molecule has 0 atom stereocenters. The van der Waals surface area contributed by atoms with Crippen LogP contribution in [-0.2, 0) is 0 Å². The number of ketones is 1. The molecule has 0 bridgehead atoms. The fourth-order valence-corrected chi connectivity index (χ4v) is 1.35.